The molecule has 3 aromatic rings. The minimum Gasteiger partial charge on any atom is -0.323 e. The molecule has 1 aliphatic rings. The third-order valence-electron chi connectivity index (χ3n) is 4.75. The van der Waals surface area contributed by atoms with E-state index in [1.807, 2.05) is 55.3 Å². The second kappa shape index (κ2) is 5.45. The molecule has 0 N–H and O–H groups in total. The zero-order valence-corrected chi connectivity index (χ0v) is 14.2. The van der Waals surface area contributed by atoms with E-state index in [4.69, 9.17) is 5.26 Å². The van der Waals surface area contributed by atoms with Crippen LogP contribution in [0.2, 0.25) is 0 Å². The first-order valence-corrected chi connectivity index (χ1v) is 8.23. The first-order chi connectivity index (χ1) is 12.0. The van der Waals surface area contributed by atoms with Crippen LogP contribution in [-0.4, -0.2) is 26.9 Å². The summed E-state index contributed by atoms with van der Waals surface area (Å²) in [6.07, 6.45) is 3.56. The number of likely N-dealkylation sites (tertiary alicyclic amines) is 1. The van der Waals surface area contributed by atoms with Crippen LogP contribution in [0.3, 0.4) is 0 Å². The van der Waals surface area contributed by atoms with Crippen molar-refractivity contribution in [1.29, 1.82) is 5.26 Å². The van der Waals surface area contributed by atoms with E-state index in [0.29, 0.717) is 12.2 Å². The van der Waals surface area contributed by atoms with E-state index in [9.17, 15) is 4.79 Å². The Labute approximate surface area is 146 Å². The number of rotatable bonds is 3. The molecule has 2 aromatic heterocycles. The van der Waals surface area contributed by atoms with E-state index >= 15 is 0 Å². The van der Waals surface area contributed by atoms with Gasteiger partial charge in [-0.3, -0.25) is 9.78 Å². The molecule has 0 bridgehead atoms. The lowest BCUT2D eigenvalue weighted by atomic mass is 9.83. The van der Waals surface area contributed by atoms with E-state index in [1.165, 1.54) is 0 Å². The average Bonchev–Trinajstić information content (AvgIpc) is 2.99. The maximum Gasteiger partial charge on any atom is 0.231 e. The fraction of sp³-hybridized carbons (Fsp3) is 0.250. The maximum atomic E-state index is 12.4. The number of β-lactam (4-membered cyclic amide) rings is 1. The summed E-state index contributed by atoms with van der Waals surface area (Å²) in [6, 6.07) is 13.8. The molecule has 1 aromatic carbocycles. The Kier molecular flexibility index (Phi) is 3.36. The molecule has 3 heterocycles. The van der Waals surface area contributed by atoms with Gasteiger partial charge < -0.3 is 9.47 Å². The molecule has 0 spiro atoms. The number of aromatic nitrogens is 2. The van der Waals surface area contributed by atoms with Gasteiger partial charge in [0.25, 0.3) is 0 Å². The van der Waals surface area contributed by atoms with Crippen LogP contribution in [0.25, 0.3) is 22.2 Å². The second-order valence-electron chi connectivity index (χ2n) is 7.11. The highest BCUT2D eigenvalue weighted by molar-refractivity contribution is 5.90. The Morgan fingerprint density at radius 2 is 2.12 bits per heavy atom. The Bertz CT molecular complexity index is 1010. The molecule has 25 heavy (non-hydrogen) atoms. The lowest BCUT2D eigenvalue weighted by Gasteiger charge is -2.44. The SMILES string of the molecule is CC1(C)CN(Cn2c(-c3cccnc3)cc3cc(C#N)ccc32)C1=O. The molecule has 5 nitrogen and oxygen atoms in total. The number of amides is 1. The van der Waals surface area contributed by atoms with Crippen molar-refractivity contribution in [2.75, 3.05) is 6.54 Å². The summed E-state index contributed by atoms with van der Waals surface area (Å²) in [4.78, 5) is 18.4. The summed E-state index contributed by atoms with van der Waals surface area (Å²) in [5, 5.41) is 10.1. The van der Waals surface area contributed by atoms with Gasteiger partial charge in [0.2, 0.25) is 5.91 Å². The van der Waals surface area contributed by atoms with Gasteiger partial charge in [0.05, 0.1) is 34.9 Å². The van der Waals surface area contributed by atoms with Crippen LogP contribution in [0, 0.1) is 16.7 Å². The highest BCUT2D eigenvalue weighted by Gasteiger charge is 2.44. The smallest absolute Gasteiger partial charge is 0.231 e. The van der Waals surface area contributed by atoms with Crippen molar-refractivity contribution >= 4 is 16.8 Å². The molecule has 0 saturated carbocycles. The molecule has 5 heteroatoms. The molecule has 1 fully saturated rings. The van der Waals surface area contributed by atoms with Crippen LogP contribution in [-0.2, 0) is 11.5 Å². The van der Waals surface area contributed by atoms with Crippen molar-refractivity contribution in [1.82, 2.24) is 14.5 Å². The van der Waals surface area contributed by atoms with Gasteiger partial charge in [-0.05, 0) is 50.2 Å². The van der Waals surface area contributed by atoms with E-state index in [0.717, 1.165) is 28.7 Å². The van der Waals surface area contributed by atoms with Crippen LogP contribution in [0.4, 0.5) is 0 Å². The third-order valence-corrected chi connectivity index (χ3v) is 4.75. The van der Waals surface area contributed by atoms with Crippen LogP contribution < -0.4 is 0 Å². The van der Waals surface area contributed by atoms with Gasteiger partial charge in [-0.15, -0.1) is 0 Å². The summed E-state index contributed by atoms with van der Waals surface area (Å²) in [6.45, 7) is 5.19. The lowest BCUT2D eigenvalue weighted by molar-refractivity contribution is -0.159. The Hall–Kier alpha value is -3.13. The fourth-order valence-corrected chi connectivity index (χ4v) is 3.48. The predicted octanol–water partition coefficient (Wildman–Crippen LogP) is 3.40. The number of nitrogens with zero attached hydrogens (tertiary/aromatic N) is 4. The average molecular weight is 330 g/mol. The minimum atomic E-state index is -0.272. The monoisotopic (exact) mass is 330 g/mol. The van der Waals surface area contributed by atoms with E-state index in [-0.39, 0.29) is 11.3 Å². The predicted molar refractivity (Wildman–Crippen MR) is 95.4 cm³/mol. The fourth-order valence-electron chi connectivity index (χ4n) is 3.48. The molecular weight excluding hydrogens is 312 g/mol. The third kappa shape index (κ3) is 2.47. The number of carbonyl (C=O) groups excluding carboxylic acids is 1. The molecule has 0 unspecified atom stereocenters. The van der Waals surface area contributed by atoms with Crippen molar-refractivity contribution < 1.29 is 4.79 Å². The standard InChI is InChI=1S/C20H18N4O/c1-20(2)12-23(19(20)25)13-24-17-6-5-14(10-21)8-16(17)9-18(24)15-4-3-7-22-11-15/h3-9,11H,12-13H2,1-2H3. The van der Waals surface area contributed by atoms with Gasteiger partial charge in [0.1, 0.15) is 0 Å². The summed E-state index contributed by atoms with van der Waals surface area (Å²) in [5.41, 5.74) is 3.35. The molecular formula is C20H18N4O. The van der Waals surface area contributed by atoms with Crippen molar-refractivity contribution in [3.63, 3.8) is 0 Å². The summed E-state index contributed by atoms with van der Waals surface area (Å²) >= 11 is 0. The van der Waals surface area contributed by atoms with Crippen LogP contribution in [0.1, 0.15) is 19.4 Å². The zero-order valence-electron chi connectivity index (χ0n) is 14.2. The van der Waals surface area contributed by atoms with Gasteiger partial charge >= 0.3 is 0 Å². The molecule has 1 saturated heterocycles. The van der Waals surface area contributed by atoms with Crippen molar-refractivity contribution in [3.05, 3.63) is 54.4 Å². The second-order valence-corrected chi connectivity index (χ2v) is 7.11. The Morgan fingerprint density at radius 1 is 1.28 bits per heavy atom. The van der Waals surface area contributed by atoms with Crippen LogP contribution in [0.5, 0.6) is 0 Å². The van der Waals surface area contributed by atoms with E-state index in [2.05, 4.69) is 21.7 Å². The number of fused-ring (bicyclic) bond motifs is 1. The molecule has 0 radical (unpaired) electrons. The first kappa shape index (κ1) is 15.4. The van der Waals surface area contributed by atoms with E-state index < -0.39 is 0 Å². The first-order valence-electron chi connectivity index (χ1n) is 8.23. The summed E-state index contributed by atoms with van der Waals surface area (Å²) in [7, 11) is 0. The summed E-state index contributed by atoms with van der Waals surface area (Å²) in [5.74, 6) is 0.167. The van der Waals surface area contributed by atoms with Crippen molar-refractivity contribution in [3.8, 4) is 17.3 Å². The van der Waals surface area contributed by atoms with Crippen molar-refractivity contribution in [2.24, 2.45) is 5.41 Å². The highest BCUT2D eigenvalue weighted by Crippen LogP contribution is 2.34. The number of nitriles is 1. The minimum absolute atomic E-state index is 0.167. The quantitative estimate of drug-likeness (QED) is 0.692. The summed E-state index contributed by atoms with van der Waals surface area (Å²) < 4.78 is 2.13. The van der Waals surface area contributed by atoms with E-state index in [1.54, 1.807) is 6.20 Å². The molecule has 1 aliphatic heterocycles. The van der Waals surface area contributed by atoms with Gasteiger partial charge in [-0.1, -0.05) is 0 Å². The molecule has 4 rings (SSSR count). The molecule has 0 atom stereocenters. The number of benzene rings is 1. The topological polar surface area (TPSA) is 61.9 Å². The van der Waals surface area contributed by atoms with Gasteiger partial charge in [-0.25, -0.2) is 0 Å². The number of hydrogen-bond acceptors (Lipinski definition) is 3. The van der Waals surface area contributed by atoms with Gasteiger partial charge in [-0.2, -0.15) is 5.26 Å². The number of carbonyl (C=O) groups is 1. The van der Waals surface area contributed by atoms with Gasteiger partial charge in [0.15, 0.2) is 0 Å². The normalized spacial score (nSPS) is 15.9. The molecule has 0 aliphatic carbocycles. The zero-order chi connectivity index (χ0) is 17.6. The number of hydrogen-bond donors (Lipinski definition) is 0. The van der Waals surface area contributed by atoms with Crippen LogP contribution in [0.15, 0.2) is 48.8 Å². The Balaban J connectivity index is 1.83. The number of pyridine rings is 1. The molecule has 124 valence electrons. The maximum absolute atomic E-state index is 12.4. The highest BCUT2D eigenvalue weighted by atomic mass is 16.2. The Morgan fingerprint density at radius 3 is 2.76 bits per heavy atom. The van der Waals surface area contributed by atoms with Crippen LogP contribution >= 0.6 is 0 Å². The van der Waals surface area contributed by atoms with Crippen molar-refractivity contribution in [2.45, 2.75) is 20.5 Å². The largest absolute Gasteiger partial charge is 0.323 e. The molecule has 1 amide bonds. The van der Waals surface area contributed by atoms with Gasteiger partial charge in [0, 0.05) is 29.9 Å². The lowest BCUT2D eigenvalue weighted by Crippen LogP contribution is -2.58.